The van der Waals surface area contributed by atoms with Crippen molar-refractivity contribution in [3.63, 3.8) is 0 Å². The lowest BCUT2D eigenvalue weighted by molar-refractivity contribution is -0.146. The summed E-state index contributed by atoms with van der Waals surface area (Å²) in [5.74, 6) is -1.48. The van der Waals surface area contributed by atoms with Gasteiger partial charge in [-0.3, -0.25) is 9.36 Å². The van der Waals surface area contributed by atoms with E-state index in [2.05, 4.69) is 10.2 Å². The van der Waals surface area contributed by atoms with Gasteiger partial charge in [0.2, 0.25) is 0 Å². The molecule has 0 aromatic carbocycles. The molecule has 0 aliphatic carbocycles. The van der Waals surface area contributed by atoms with E-state index in [0.717, 1.165) is 11.8 Å². The van der Waals surface area contributed by atoms with Crippen LogP contribution in [-0.4, -0.2) is 44.2 Å². The van der Waals surface area contributed by atoms with Gasteiger partial charge in [0.1, 0.15) is 12.4 Å². The fourth-order valence-corrected chi connectivity index (χ4v) is 1.82. The predicted octanol–water partition coefficient (Wildman–Crippen LogP) is 0.579. The normalized spacial score (nSPS) is 12.1. The van der Waals surface area contributed by atoms with Crippen LogP contribution in [0.1, 0.15) is 19.9 Å². The Kier molecular flexibility index (Phi) is 4.95. The van der Waals surface area contributed by atoms with Crippen molar-refractivity contribution in [2.75, 3.05) is 12.4 Å². The monoisotopic (exact) mass is 259 g/mol. The third-order valence-electron chi connectivity index (χ3n) is 1.91. The van der Waals surface area contributed by atoms with Crippen molar-refractivity contribution in [3.8, 4) is 0 Å². The molecule has 0 saturated carbocycles. The molecule has 0 amide bonds. The van der Waals surface area contributed by atoms with E-state index >= 15 is 0 Å². The maximum absolute atomic E-state index is 11.5. The maximum Gasteiger partial charge on any atom is 0.328 e. The van der Waals surface area contributed by atoms with Gasteiger partial charge in [-0.05, 0) is 13.8 Å². The summed E-state index contributed by atoms with van der Waals surface area (Å²) in [6, 6.07) is -0.568. The van der Waals surface area contributed by atoms with Crippen LogP contribution in [0, 0.1) is 0 Å². The molecule has 0 saturated heterocycles. The van der Waals surface area contributed by atoms with Crippen molar-refractivity contribution in [1.82, 2.24) is 14.8 Å². The molecule has 0 bridgehead atoms. The Labute approximate surface area is 102 Å². The molecule has 7 nitrogen and oxygen atoms in total. The summed E-state index contributed by atoms with van der Waals surface area (Å²) in [6.45, 7) is 3.66. The molecule has 1 rings (SSSR count). The lowest BCUT2D eigenvalue weighted by atomic mass is 10.3. The van der Waals surface area contributed by atoms with Crippen molar-refractivity contribution in [2.45, 2.75) is 25.0 Å². The van der Waals surface area contributed by atoms with Gasteiger partial charge in [-0.15, -0.1) is 10.2 Å². The fourth-order valence-electron chi connectivity index (χ4n) is 1.10. The van der Waals surface area contributed by atoms with Crippen LogP contribution in [-0.2, 0) is 14.3 Å². The molecule has 1 aromatic heterocycles. The molecule has 0 spiro atoms. The molecule has 0 aliphatic rings. The Morgan fingerprint density at radius 2 is 2.35 bits per heavy atom. The summed E-state index contributed by atoms with van der Waals surface area (Å²) in [7, 11) is 0. The van der Waals surface area contributed by atoms with E-state index in [1.165, 1.54) is 10.9 Å². The molecule has 8 heteroatoms. The molecular weight excluding hydrogens is 246 g/mol. The maximum atomic E-state index is 11.5. The predicted molar refractivity (Wildman–Crippen MR) is 59.7 cm³/mol. The van der Waals surface area contributed by atoms with Crippen LogP contribution in [0.5, 0.6) is 0 Å². The van der Waals surface area contributed by atoms with Crippen molar-refractivity contribution >= 4 is 23.7 Å². The van der Waals surface area contributed by atoms with Gasteiger partial charge in [-0.2, -0.15) is 0 Å². The molecule has 1 heterocycles. The Bertz CT molecular complexity index is 407. The average molecular weight is 259 g/mol. The summed E-state index contributed by atoms with van der Waals surface area (Å²) in [6.07, 6.45) is 1.38. The topological polar surface area (TPSA) is 94.3 Å². The quantitative estimate of drug-likeness (QED) is 0.589. The number of thioether (sulfide) groups is 1. The van der Waals surface area contributed by atoms with Crippen molar-refractivity contribution in [1.29, 1.82) is 0 Å². The molecule has 0 aliphatic heterocycles. The second-order valence-electron chi connectivity index (χ2n) is 3.13. The molecule has 0 radical (unpaired) electrons. The van der Waals surface area contributed by atoms with Crippen LogP contribution in [0.15, 0.2) is 11.5 Å². The first-order valence-electron chi connectivity index (χ1n) is 4.97. The van der Waals surface area contributed by atoms with Gasteiger partial charge in [-0.1, -0.05) is 11.8 Å². The highest BCUT2D eigenvalue weighted by atomic mass is 32.2. The molecular formula is C9H13N3O4S. The molecule has 1 aromatic rings. The summed E-state index contributed by atoms with van der Waals surface area (Å²) in [5, 5.41) is 16.4. The van der Waals surface area contributed by atoms with Crippen molar-refractivity contribution in [2.24, 2.45) is 0 Å². The Morgan fingerprint density at radius 1 is 1.65 bits per heavy atom. The highest BCUT2D eigenvalue weighted by Crippen LogP contribution is 2.19. The van der Waals surface area contributed by atoms with Gasteiger partial charge in [0.15, 0.2) is 5.16 Å². The lowest BCUT2D eigenvalue weighted by Crippen LogP contribution is -2.19. The second kappa shape index (κ2) is 6.24. The number of carbonyl (C=O) groups excluding carboxylic acids is 1. The number of carboxylic acids is 1. The summed E-state index contributed by atoms with van der Waals surface area (Å²) in [5.41, 5.74) is 0. The van der Waals surface area contributed by atoms with E-state index in [4.69, 9.17) is 9.84 Å². The number of hydrogen-bond acceptors (Lipinski definition) is 6. The van der Waals surface area contributed by atoms with Crippen LogP contribution in [0.2, 0.25) is 0 Å². The number of aromatic nitrogens is 3. The van der Waals surface area contributed by atoms with Gasteiger partial charge >= 0.3 is 11.9 Å². The minimum atomic E-state index is -0.951. The van der Waals surface area contributed by atoms with Crippen molar-refractivity contribution < 1.29 is 19.4 Å². The smallest absolute Gasteiger partial charge is 0.328 e. The Morgan fingerprint density at radius 3 is 2.94 bits per heavy atom. The van der Waals surface area contributed by atoms with Gasteiger partial charge < -0.3 is 9.84 Å². The van der Waals surface area contributed by atoms with Crippen LogP contribution < -0.4 is 0 Å². The average Bonchev–Trinajstić information content (AvgIpc) is 2.73. The zero-order chi connectivity index (χ0) is 12.8. The van der Waals surface area contributed by atoms with Crippen molar-refractivity contribution in [3.05, 3.63) is 6.33 Å². The lowest BCUT2D eigenvalue weighted by Gasteiger charge is -2.12. The first-order valence-corrected chi connectivity index (χ1v) is 5.95. The zero-order valence-corrected chi connectivity index (χ0v) is 10.3. The van der Waals surface area contributed by atoms with E-state index < -0.39 is 18.0 Å². The molecule has 94 valence electrons. The number of ether oxygens (including phenoxy) is 1. The molecule has 1 N–H and O–H groups in total. The fraction of sp³-hybridized carbons (Fsp3) is 0.556. The molecule has 17 heavy (non-hydrogen) atoms. The SMILES string of the molecule is CCOC(=O)C(C)n1cnnc1SCC(=O)O. The van der Waals surface area contributed by atoms with Gasteiger partial charge in [-0.25, -0.2) is 4.79 Å². The highest BCUT2D eigenvalue weighted by Gasteiger charge is 2.20. The number of nitrogens with zero attached hydrogens (tertiary/aromatic N) is 3. The highest BCUT2D eigenvalue weighted by molar-refractivity contribution is 7.99. The first kappa shape index (κ1) is 13.5. The van der Waals surface area contributed by atoms with Crippen LogP contribution >= 0.6 is 11.8 Å². The molecule has 1 atom stereocenters. The van der Waals surface area contributed by atoms with E-state index in [0.29, 0.717) is 11.8 Å². The largest absolute Gasteiger partial charge is 0.481 e. The van der Waals surface area contributed by atoms with Gasteiger partial charge in [0.25, 0.3) is 0 Å². The molecule has 0 fully saturated rings. The first-order chi connectivity index (χ1) is 8.06. The minimum absolute atomic E-state index is 0.131. The number of aliphatic carboxylic acids is 1. The number of rotatable bonds is 6. The van der Waals surface area contributed by atoms with Gasteiger partial charge in [0.05, 0.1) is 12.4 Å². The number of esters is 1. The molecule has 1 unspecified atom stereocenters. The van der Waals surface area contributed by atoms with Crippen LogP contribution in [0.3, 0.4) is 0 Å². The third kappa shape index (κ3) is 3.74. The Hall–Kier alpha value is -1.57. The standard InChI is InChI=1S/C9H13N3O4S/c1-3-16-8(15)6(2)12-5-10-11-9(12)17-4-7(13)14/h5-6H,3-4H2,1-2H3,(H,13,14). The zero-order valence-electron chi connectivity index (χ0n) is 9.49. The number of carboxylic acid groups (broad SMARTS) is 1. The van der Waals surface area contributed by atoms with E-state index in [9.17, 15) is 9.59 Å². The van der Waals surface area contributed by atoms with Gasteiger partial charge in [0, 0.05) is 0 Å². The van der Waals surface area contributed by atoms with E-state index in [1.807, 2.05) is 0 Å². The van der Waals surface area contributed by atoms with Crippen LogP contribution in [0.4, 0.5) is 0 Å². The third-order valence-corrected chi connectivity index (χ3v) is 2.85. The summed E-state index contributed by atoms with van der Waals surface area (Å²) >= 11 is 1.01. The number of carbonyl (C=O) groups is 2. The van der Waals surface area contributed by atoms with E-state index in [-0.39, 0.29) is 5.75 Å². The second-order valence-corrected chi connectivity index (χ2v) is 4.07. The summed E-state index contributed by atoms with van der Waals surface area (Å²) in [4.78, 5) is 21.9. The van der Waals surface area contributed by atoms with E-state index in [1.54, 1.807) is 13.8 Å². The number of hydrogen-bond donors (Lipinski definition) is 1. The minimum Gasteiger partial charge on any atom is -0.481 e. The Balaban J connectivity index is 2.73. The van der Waals surface area contributed by atoms with Crippen LogP contribution in [0.25, 0.3) is 0 Å². The summed E-state index contributed by atoms with van der Waals surface area (Å²) < 4.78 is 6.36.